The van der Waals surface area contributed by atoms with Gasteiger partial charge in [0.2, 0.25) is 10.0 Å². The van der Waals surface area contributed by atoms with Gasteiger partial charge in [-0.05, 0) is 41.3 Å². The van der Waals surface area contributed by atoms with Crippen LogP contribution in [0.15, 0.2) is 14.7 Å². The van der Waals surface area contributed by atoms with E-state index < -0.39 is 16.0 Å². The van der Waals surface area contributed by atoms with Gasteiger partial charge >= 0.3 is 5.97 Å². The zero-order valence-electron chi connectivity index (χ0n) is 11.5. The maximum Gasteiger partial charge on any atom is 0.345 e. The van der Waals surface area contributed by atoms with Crippen molar-refractivity contribution in [2.75, 3.05) is 0 Å². The first-order valence-electron chi connectivity index (χ1n) is 6.22. The average molecular weight is 384 g/mol. The minimum absolute atomic E-state index is 0.00757. The SMILES string of the molecule is CCC(C)CC(C)NS(=O)(=O)c1cc(C(=O)O)sc1Br. The quantitative estimate of drug-likeness (QED) is 0.756. The molecule has 1 heterocycles. The summed E-state index contributed by atoms with van der Waals surface area (Å²) in [6.07, 6.45) is 1.72. The van der Waals surface area contributed by atoms with Gasteiger partial charge in [0.05, 0.1) is 3.79 Å². The molecule has 8 heteroatoms. The lowest BCUT2D eigenvalue weighted by Crippen LogP contribution is -2.33. The Bertz CT molecular complexity index is 582. The molecule has 2 N–H and O–H groups in total. The number of sulfonamides is 1. The van der Waals surface area contributed by atoms with Crippen molar-refractivity contribution in [2.45, 2.75) is 44.6 Å². The van der Waals surface area contributed by atoms with Crippen molar-refractivity contribution in [1.29, 1.82) is 0 Å². The van der Waals surface area contributed by atoms with Crippen LogP contribution in [0.4, 0.5) is 0 Å². The first-order valence-corrected chi connectivity index (χ1v) is 9.31. The lowest BCUT2D eigenvalue weighted by Gasteiger charge is -2.17. The molecule has 2 atom stereocenters. The van der Waals surface area contributed by atoms with Crippen LogP contribution in [0.3, 0.4) is 0 Å². The number of aromatic carboxylic acids is 1. The van der Waals surface area contributed by atoms with Crippen LogP contribution in [0.2, 0.25) is 0 Å². The number of hydrogen-bond acceptors (Lipinski definition) is 4. The molecule has 1 rings (SSSR count). The monoisotopic (exact) mass is 383 g/mol. The Balaban J connectivity index is 2.91. The second-order valence-electron chi connectivity index (χ2n) is 4.83. The molecule has 1 aromatic heterocycles. The van der Waals surface area contributed by atoms with Crippen LogP contribution in [0.5, 0.6) is 0 Å². The van der Waals surface area contributed by atoms with E-state index in [4.69, 9.17) is 5.11 Å². The van der Waals surface area contributed by atoms with E-state index in [-0.39, 0.29) is 15.8 Å². The van der Waals surface area contributed by atoms with Gasteiger partial charge in [-0.15, -0.1) is 11.3 Å². The normalized spacial score (nSPS) is 15.0. The van der Waals surface area contributed by atoms with Gasteiger partial charge < -0.3 is 5.11 Å². The third-order valence-corrected chi connectivity index (χ3v) is 6.79. The van der Waals surface area contributed by atoms with Gasteiger partial charge in [0, 0.05) is 6.04 Å². The molecular formula is C12H18BrNO4S2. The Kier molecular flexibility index (Phi) is 6.18. The van der Waals surface area contributed by atoms with Gasteiger partial charge in [-0.2, -0.15) is 0 Å². The van der Waals surface area contributed by atoms with Crippen LogP contribution in [-0.2, 0) is 10.0 Å². The van der Waals surface area contributed by atoms with Gasteiger partial charge in [-0.25, -0.2) is 17.9 Å². The van der Waals surface area contributed by atoms with Crippen molar-refractivity contribution in [3.63, 3.8) is 0 Å². The average Bonchev–Trinajstić information content (AvgIpc) is 2.71. The zero-order chi connectivity index (χ0) is 15.5. The second kappa shape index (κ2) is 7.02. The smallest absolute Gasteiger partial charge is 0.345 e. The van der Waals surface area contributed by atoms with Crippen molar-refractivity contribution < 1.29 is 18.3 Å². The fourth-order valence-corrected chi connectivity index (χ4v) is 5.45. The second-order valence-corrected chi connectivity index (χ2v) is 8.88. The van der Waals surface area contributed by atoms with Crippen molar-refractivity contribution in [3.8, 4) is 0 Å². The van der Waals surface area contributed by atoms with Crippen LogP contribution in [0, 0.1) is 5.92 Å². The molecule has 2 unspecified atom stereocenters. The summed E-state index contributed by atoms with van der Waals surface area (Å²) in [5.74, 6) is -0.710. The molecule has 0 aromatic carbocycles. The highest BCUT2D eigenvalue weighted by Crippen LogP contribution is 2.31. The summed E-state index contributed by atoms with van der Waals surface area (Å²) < 4.78 is 27.4. The van der Waals surface area contributed by atoms with E-state index in [1.54, 1.807) is 0 Å². The number of carboxylic acids is 1. The number of thiophene rings is 1. The molecule has 0 aliphatic rings. The summed E-state index contributed by atoms with van der Waals surface area (Å²) in [4.78, 5) is 10.8. The minimum atomic E-state index is -3.71. The van der Waals surface area contributed by atoms with Crippen LogP contribution in [-0.4, -0.2) is 25.5 Å². The Morgan fingerprint density at radius 2 is 2.10 bits per heavy atom. The summed E-state index contributed by atoms with van der Waals surface area (Å²) in [5, 5.41) is 8.90. The number of hydrogen-bond donors (Lipinski definition) is 2. The summed E-state index contributed by atoms with van der Waals surface area (Å²) in [5.41, 5.74) is 0. The lowest BCUT2D eigenvalue weighted by molar-refractivity contribution is 0.0702. The molecule has 0 fully saturated rings. The van der Waals surface area contributed by atoms with E-state index in [0.717, 1.165) is 24.2 Å². The predicted octanol–water partition coefficient (Wildman–Crippen LogP) is 3.31. The van der Waals surface area contributed by atoms with E-state index >= 15 is 0 Å². The largest absolute Gasteiger partial charge is 0.477 e. The van der Waals surface area contributed by atoms with Crippen LogP contribution < -0.4 is 4.72 Å². The molecule has 0 radical (unpaired) electrons. The van der Waals surface area contributed by atoms with Crippen molar-refractivity contribution in [1.82, 2.24) is 4.72 Å². The van der Waals surface area contributed by atoms with Gasteiger partial charge in [0.25, 0.3) is 0 Å². The predicted molar refractivity (Wildman–Crippen MR) is 82.8 cm³/mol. The number of carboxylic acid groups (broad SMARTS) is 1. The molecule has 5 nitrogen and oxygen atoms in total. The van der Waals surface area contributed by atoms with E-state index in [0.29, 0.717) is 9.70 Å². The molecule has 20 heavy (non-hydrogen) atoms. The molecule has 0 bridgehead atoms. The van der Waals surface area contributed by atoms with Gasteiger partial charge in [-0.3, -0.25) is 0 Å². The van der Waals surface area contributed by atoms with Gasteiger partial charge in [0.15, 0.2) is 0 Å². The third kappa shape index (κ3) is 4.54. The number of carbonyl (C=O) groups is 1. The first-order chi connectivity index (χ1) is 9.17. The summed E-state index contributed by atoms with van der Waals surface area (Å²) in [6, 6.07) is 0.977. The van der Waals surface area contributed by atoms with Crippen molar-refractivity contribution in [3.05, 3.63) is 14.7 Å². The van der Waals surface area contributed by atoms with Crippen LogP contribution >= 0.6 is 27.3 Å². The molecule has 0 aliphatic heterocycles. The van der Waals surface area contributed by atoms with E-state index in [9.17, 15) is 13.2 Å². The Hall–Kier alpha value is -0.440. The van der Waals surface area contributed by atoms with Crippen LogP contribution in [0.25, 0.3) is 0 Å². The highest BCUT2D eigenvalue weighted by molar-refractivity contribution is 9.11. The lowest BCUT2D eigenvalue weighted by atomic mass is 10.0. The summed E-state index contributed by atoms with van der Waals surface area (Å²) >= 11 is 4.00. The Labute approximate surface area is 131 Å². The fraction of sp³-hybridized carbons (Fsp3) is 0.583. The number of rotatable bonds is 7. The van der Waals surface area contributed by atoms with Crippen LogP contribution in [0.1, 0.15) is 43.3 Å². The number of halogens is 1. The number of nitrogens with one attached hydrogen (secondary N) is 1. The molecule has 0 amide bonds. The van der Waals surface area contributed by atoms with E-state index in [2.05, 4.69) is 34.5 Å². The fourth-order valence-electron chi connectivity index (χ4n) is 1.79. The van der Waals surface area contributed by atoms with Crippen molar-refractivity contribution >= 4 is 43.3 Å². The minimum Gasteiger partial charge on any atom is -0.477 e. The maximum absolute atomic E-state index is 12.2. The highest BCUT2D eigenvalue weighted by Gasteiger charge is 2.25. The van der Waals surface area contributed by atoms with E-state index in [1.807, 2.05) is 6.92 Å². The molecule has 0 spiro atoms. The first kappa shape index (κ1) is 17.6. The molecule has 0 saturated heterocycles. The molecule has 1 aromatic rings. The summed E-state index contributed by atoms with van der Waals surface area (Å²) in [6.45, 7) is 5.93. The topological polar surface area (TPSA) is 83.5 Å². The highest BCUT2D eigenvalue weighted by atomic mass is 79.9. The van der Waals surface area contributed by atoms with Gasteiger partial charge in [-0.1, -0.05) is 20.3 Å². The van der Waals surface area contributed by atoms with Gasteiger partial charge in [0.1, 0.15) is 9.77 Å². The molecular weight excluding hydrogens is 366 g/mol. The van der Waals surface area contributed by atoms with Crippen molar-refractivity contribution in [2.24, 2.45) is 5.92 Å². The molecule has 0 saturated carbocycles. The molecule has 114 valence electrons. The Morgan fingerprint density at radius 3 is 2.55 bits per heavy atom. The third-order valence-electron chi connectivity index (χ3n) is 2.96. The Morgan fingerprint density at radius 1 is 1.50 bits per heavy atom. The molecule has 0 aliphatic carbocycles. The van der Waals surface area contributed by atoms with E-state index in [1.165, 1.54) is 6.07 Å². The summed E-state index contributed by atoms with van der Waals surface area (Å²) in [7, 11) is -3.71. The standard InChI is InChI=1S/C12H18BrNO4S2/c1-4-7(2)5-8(3)14-20(17,18)10-6-9(12(15)16)19-11(10)13/h6-8,14H,4-5H2,1-3H3,(H,15,16). The maximum atomic E-state index is 12.2. The zero-order valence-corrected chi connectivity index (χ0v) is 14.7.